The summed E-state index contributed by atoms with van der Waals surface area (Å²) < 4.78 is 83.2. The van der Waals surface area contributed by atoms with E-state index in [-0.39, 0.29) is 28.8 Å². The van der Waals surface area contributed by atoms with Gasteiger partial charge in [-0.2, -0.15) is 0 Å². The minimum Gasteiger partial charge on any atom is -0.455 e. The predicted molar refractivity (Wildman–Crippen MR) is 208 cm³/mol. The molecule has 49 heavy (non-hydrogen) atoms. The lowest BCUT2D eigenvalue weighted by molar-refractivity contribution is 0.673. The Balaban J connectivity index is 1.12. The van der Waals surface area contributed by atoms with Crippen molar-refractivity contribution >= 4 is 54.3 Å². The number of hydrogen-bond acceptors (Lipinski definition) is 1. The molecule has 0 unspecified atom stereocenters. The van der Waals surface area contributed by atoms with E-state index in [2.05, 4.69) is 66.7 Å². The van der Waals surface area contributed by atoms with Gasteiger partial charge >= 0.3 is 0 Å². The van der Waals surface area contributed by atoms with E-state index in [1.54, 1.807) is 12.1 Å². The van der Waals surface area contributed by atoms with Crippen molar-refractivity contribution in [3.8, 4) is 44.5 Å². The Morgan fingerprint density at radius 1 is 0.347 bits per heavy atom. The molecule has 1 heterocycles. The average Bonchev–Trinajstić information content (AvgIpc) is 3.63. The molecule has 10 rings (SSSR count). The Kier molecular flexibility index (Phi) is 4.53. The first-order valence-electron chi connectivity index (χ1n) is 20.6. The lowest BCUT2D eigenvalue weighted by Gasteiger charge is -2.18. The van der Waals surface area contributed by atoms with Gasteiger partial charge in [-0.05, 0) is 89.6 Å². The molecule has 0 fully saturated rings. The number of benzene rings is 9. The molecule has 0 amide bonds. The van der Waals surface area contributed by atoms with Gasteiger partial charge in [0.25, 0.3) is 0 Å². The summed E-state index contributed by atoms with van der Waals surface area (Å²) in [6.07, 6.45) is 0. The van der Waals surface area contributed by atoms with E-state index in [1.165, 1.54) is 0 Å². The fourth-order valence-corrected chi connectivity index (χ4v) is 7.17. The van der Waals surface area contributed by atoms with Crippen molar-refractivity contribution in [3.05, 3.63) is 182 Å². The van der Waals surface area contributed by atoms with Crippen LogP contribution in [0.4, 0.5) is 0 Å². The van der Waals surface area contributed by atoms with Crippen molar-refractivity contribution in [1.82, 2.24) is 0 Å². The third kappa shape index (κ3) is 4.47. The number of fused-ring (bicyclic) bond motifs is 7. The molecule has 1 heteroatoms. The zero-order valence-corrected chi connectivity index (χ0v) is 26.0. The van der Waals surface area contributed by atoms with Gasteiger partial charge in [-0.3, -0.25) is 0 Å². The zero-order chi connectivity index (χ0) is 40.1. The molecular formula is C48H30O. The fourth-order valence-electron chi connectivity index (χ4n) is 7.17. The SMILES string of the molecule is [2H]c1c([2H])c([2H])c(-c2c([2H])c([2H])c(-c3ccc(-c4c5ccccc5c(-c5ccc6c(c5)oc5c7ccccc7ccc65)c5ccccc45)cc3)c([2H])c2[2H])c([2H])c1[2H]. The quantitative estimate of drug-likeness (QED) is 0.176. The van der Waals surface area contributed by atoms with Gasteiger partial charge in [-0.25, -0.2) is 0 Å². The van der Waals surface area contributed by atoms with E-state index in [0.717, 1.165) is 76.5 Å². The summed E-state index contributed by atoms with van der Waals surface area (Å²) >= 11 is 0. The monoisotopic (exact) mass is 631 g/mol. The van der Waals surface area contributed by atoms with Crippen LogP contribution in [0, 0.1) is 0 Å². The minimum absolute atomic E-state index is 0.0525. The molecule has 9 aromatic carbocycles. The highest BCUT2D eigenvalue weighted by Crippen LogP contribution is 2.45. The lowest BCUT2D eigenvalue weighted by Crippen LogP contribution is -1.91. The second-order valence-corrected chi connectivity index (χ2v) is 12.1. The summed E-state index contributed by atoms with van der Waals surface area (Å²) in [5.41, 5.74) is 5.51. The van der Waals surface area contributed by atoms with Crippen molar-refractivity contribution in [1.29, 1.82) is 0 Å². The standard InChI is InChI=1S/C48H30O/c1-2-10-31(11-3-1)32-18-20-33(21-19-32)34-22-24-36(25-23-34)46-40-14-6-8-16-42(40)47(43-17-9-7-15-41(43)46)37-27-28-39-44-29-26-35-12-4-5-13-38(35)48(44)49-45(39)30-37/h1-30H/i1D,2D,3D,10D,11D,18D,19D,20D,21D. The summed E-state index contributed by atoms with van der Waals surface area (Å²) in [5, 5.41) is 8.52. The van der Waals surface area contributed by atoms with Gasteiger partial charge in [0.1, 0.15) is 11.2 Å². The van der Waals surface area contributed by atoms with E-state index in [0.29, 0.717) is 5.56 Å². The first-order chi connectivity index (χ1) is 28.0. The van der Waals surface area contributed by atoms with Crippen molar-refractivity contribution in [2.45, 2.75) is 0 Å². The van der Waals surface area contributed by atoms with E-state index < -0.39 is 42.3 Å². The molecule has 0 aliphatic rings. The van der Waals surface area contributed by atoms with Crippen LogP contribution in [0.2, 0.25) is 0 Å². The molecule has 0 saturated carbocycles. The van der Waals surface area contributed by atoms with Gasteiger partial charge in [-0.15, -0.1) is 0 Å². The first-order valence-corrected chi connectivity index (χ1v) is 16.1. The van der Waals surface area contributed by atoms with Crippen LogP contribution in [0.25, 0.3) is 98.8 Å². The molecule has 0 aliphatic carbocycles. The largest absolute Gasteiger partial charge is 0.455 e. The highest BCUT2D eigenvalue weighted by molar-refractivity contribution is 6.22. The Morgan fingerprint density at radius 3 is 1.49 bits per heavy atom. The van der Waals surface area contributed by atoms with Crippen LogP contribution in [0.3, 0.4) is 0 Å². The molecule has 0 aliphatic heterocycles. The number of hydrogen-bond donors (Lipinski definition) is 0. The van der Waals surface area contributed by atoms with Crippen LogP contribution in [-0.2, 0) is 0 Å². The zero-order valence-electron chi connectivity index (χ0n) is 35.0. The van der Waals surface area contributed by atoms with Gasteiger partial charge in [0.2, 0.25) is 0 Å². The van der Waals surface area contributed by atoms with Crippen LogP contribution in [0.5, 0.6) is 0 Å². The van der Waals surface area contributed by atoms with Crippen LogP contribution in [0.15, 0.2) is 186 Å². The molecule has 228 valence electrons. The summed E-state index contributed by atoms with van der Waals surface area (Å²) in [6.45, 7) is 0. The highest BCUT2D eigenvalue weighted by atomic mass is 16.3. The molecule has 1 aromatic heterocycles. The maximum Gasteiger partial charge on any atom is 0.143 e. The van der Waals surface area contributed by atoms with Crippen LogP contribution in [-0.4, -0.2) is 0 Å². The Labute approximate surface area is 297 Å². The summed E-state index contributed by atoms with van der Waals surface area (Å²) in [7, 11) is 0. The highest BCUT2D eigenvalue weighted by Gasteiger charge is 2.18. The average molecular weight is 632 g/mol. The van der Waals surface area contributed by atoms with Gasteiger partial charge < -0.3 is 4.42 Å². The molecule has 10 aromatic rings. The van der Waals surface area contributed by atoms with Gasteiger partial charge in [-0.1, -0.05) is 164 Å². The van der Waals surface area contributed by atoms with Crippen LogP contribution >= 0.6 is 0 Å². The fraction of sp³-hybridized carbons (Fsp3) is 0. The van der Waals surface area contributed by atoms with Crippen LogP contribution < -0.4 is 0 Å². The number of furan rings is 1. The van der Waals surface area contributed by atoms with E-state index in [9.17, 15) is 0 Å². The molecule has 0 N–H and O–H groups in total. The molecule has 0 atom stereocenters. The van der Waals surface area contributed by atoms with Crippen molar-refractivity contribution in [2.24, 2.45) is 0 Å². The first kappa shape index (κ1) is 20.0. The Hall–Kier alpha value is -6.44. The van der Waals surface area contributed by atoms with Crippen molar-refractivity contribution in [3.63, 3.8) is 0 Å². The van der Waals surface area contributed by atoms with E-state index in [4.69, 9.17) is 16.8 Å². The predicted octanol–water partition coefficient (Wildman–Crippen LogP) is 13.7. The second-order valence-electron chi connectivity index (χ2n) is 12.1. The molecule has 0 radical (unpaired) electrons. The van der Waals surface area contributed by atoms with Crippen molar-refractivity contribution in [2.75, 3.05) is 0 Å². The van der Waals surface area contributed by atoms with E-state index >= 15 is 0 Å². The second kappa shape index (κ2) is 11.1. The maximum absolute atomic E-state index is 8.96. The Morgan fingerprint density at radius 2 is 0.837 bits per heavy atom. The summed E-state index contributed by atoms with van der Waals surface area (Å²) in [4.78, 5) is 0. The smallest absolute Gasteiger partial charge is 0.143 e. The normalized spacial score (nSPS) is 14.2. The van der Waals surface area contributed by atoms with Crippen LogP contribution in [0.1, 0.15) is 12.3 Å². The summed E-state index contributed by atoms with van der Waals surface area (Å²) in [6, 6.07) is 38.2. The topological polar surface area (TPSA) is 13.1 Å². The molecule has 0 bridgehead atoms. The molecular weight excluding hydrogens is 593 g/mol. The minimum atomic E-state index is -0.610. The third-order valence-electron chi connectivity index (χ3n) is 9.42. The molecule has 0 spiro atoms. The van der Waals surface area contributed by atoms with E-state index in [1.807, 2.05) is 48.5 Å². The Bertz CT molecular complexity index is 3270. The molecule has 1 nitrogen and oxygen atoms in total. The molecule has 0 saturated heterocycles. The summed E-state index contributed by atoms with van der Waals surface area (Å²) in [5.74, 6) is 0. The van der Waals surface area contributed by atoms with Crippen molar-refractivity contribution < 1.29 is 16.8 Å². The number of rotatable bonds is 4. The third-order valence-corrected chi connectivity index (χ3v) is 9.42. The maximum atomic E-state index is 8.96. The van der Waals surface area contributed by atoms with Gasteiger partial charge in [0.05, 0.1) is 12.3 Å². The lowest BCUT2D eigenvalue weighted by atomic mass is 9.85. The van der Waals surface area contributed by atoms with Gasteiger partial charge in [0.15, 0.2) is 0 Å². The van der Waals surface area contributed by atoms with Gasteiger partial charge in [0, 0.05) is 16.2 Å².